The fourth-order valence-corrected chi connectivity index (χ4v) is 4.05. The molecule has 2 saturated heterocycles. The van der Waals surface area contributed by atoms with Crippen molar-refractivity contribution in [3.63, 3.8) is 0 Å². The summed E-state index contributed by atoms with van der Waals surface area (Å²) in [5.74, 6) is 0.485. The molecule has 2 aliphatic rings. The quantitative estimate of drug-likeness (QED) is 0.946. The normalized spacial score (nSPS) is 28.4. The Labute approximate surface area is 130 Å². The summed E-state index contributed by atoms with van der Waals surface area (Å²) in [5.41, 5.74) is 2.17. The third-order valence-corrected chi connectivity index (χ3v) is 5.11. The van der Waals surface area contributed by atoms with Crippen molar-refractivity contribution < 1.29 is 9.21 Å². The first-order valence-electron chi connectivity index (χ1n) is 7.85. The number of hydrogen-bond acceptors (Lipinski definition) is 3. The molecular formula is C18H20N2O2. The van der Waals surface area contributed by atoms with Gasteiger partial charge >= 0.3 is 0 Å². The number of likely N-dealkylation sites (tertiary alicyclic amines) is 1. The van der Waals surface area contributed by atoms with Crippen LogP contribution in [0, 0.1) is 5.41 Å². The molecule has 4 rings (SSSR count). The van der Waals surface area contributed by atoms with Crippen molar-refractivity contribution in [3.8, 4) is 0 Å². The van der Waals surface area contributed by atoms with Crippen LogP contribution in [0.25, 0.3) is 0 Å². The molecular weight excluding hydrogens is 276 g/mol. The van der Waals surface area contributed by atoms with Crippen LogP contribution in [-0.4, -0.2) is 30.4 Å². The highest BCUT2D eigenvalue weighted by Gasteiger charge is 2.54. The molecule has 2 aromatic rings. The topological polar surface area (TPSA) is 45.5 Å². The second-order valence-electron chi connectivity index (χ2n) is 6.43. The van der Waals surface area contributed by atoms with Crippen LogP contribution < -0.4 is 5.32 Å². The molecule has 0 radical (unpaired) electrons. The summed E-state index contributed by atoms with van der Waals surface area (Å²) in [6, 6.07) is 12.5. The lowest BCUT2D eigenvalue weighted by atomic mass is 9.73. The van der Waals surface area contributed by atoms with Gasteiger partial charge < -0.3 is 9.73 Å². The molecule has 0 bridgehead atoms. The lowest BCUT2D eigenvalue weighted by Gasteiger charge is -2.27. The first-order valence-corrected chi connectivity index (χ1v) is 7.85. The number of rotatable bonds is 3. The zero-order valence-corrected chi connectivity index (χ0v) is 12.5. The van der Waals surface area contributed by atoms with Crippen LogP contribution in [0.5, 0.6) is 0 Å². The van der Waals surface area contributed by atoms with E-state index >= 15 is 0 Å². The molecule has 0 unspecified atom stereocenters. The molecule has 2 aliphatic heterocycles. The van der Waals surface area contributed by atoms with Gasteiger partial charge in [0.1, 0.15) is 0 Å². The standard InChI is InChI=1S/C18H20N2O2/c21-17-18(7-8-19-17)13-20(10-14-6-9-22-12-14)11-16(18)15-4-2-1-3-5-15/h1-6,9,12,16H,7-8,10-11,13H2,(H,19,21)/t16-,18+/m0/s1. The Kier molecular flexibility index (Phi) is 3.26. The van der Waals surface area contributed by atoms with Crippen molar-refractivity contribution in [2.24, 2.45) is 5.41 Å². The van der Waals surface area contributed by atoms with E-state index in [2.05, 4.69) is 34.5 Å². The third-order valence-electron chi connectivity index (χ3n) is 5.11. The SMILES string of the molecule is O=C1NCC[C@]12CN(Cc1ccoc1)C[C@H]2c1ccccc1. The van der Waals surface area contributed by atoms with E-state index in [1.807, 2.05) is 12.1 Å². The number of nitrogens with zero attached hydrogens (tertiary/aromatic N) is 1. The van der Waals surface area contributed by atoms with E-state index in [4.69, 9.17) is 4.42 Å². The number of hydrogen-bond donors (Lipinski definition) is 1. The van der Waals surface area contributed by atoms with Crippen molar-refractivity contribution >= 4 is 5.91 Å². The smallest absolute Gasteiger partial charge is 0.228 e. The Bertz CT molecular complexity index is 653. The molecule has 114 valence electrons. The Balaban J connectivity index is 1.64. The van der Waals surface area contributed by atoms with Crippen LogP contribution in [-0.2, 0) is 11.3 Å². The third kappa shape index (κ3) is 2.15. The molecule has 0 saturated carbocycles. The van der Waals surface area contributed by atoms with Gasteiger partial charge in [-0.3, -0.25) is 9.69 Å². The van der Waals surface area contributed by atoms with Crippen molar-refractivity contribution in [1.82, 2.24) is 10.2 Å². The number of carbonyl (C=O) groups is 1. The molecule has 1 spiro atoms. The fraction of sp³-hybridized carbons (Fsp3) is 0.389. The lowest BCUT2D eigenvalue weighted by Crippen LogP contribution is -2.37. The highest BCUT2D eigenvalue weighted by molar-refractivity contribution is 5.86. The van der Waals surface area contributed by atoms with Gasteiger partial charge in [0.25, 0.3) is 0 Å². The molecule has 4 heteroatoms. The van der Waals surface area contributed by atoms with Crippen molar-refractivity contribution in [2.45, 2.75) is 18.9 Å². The number of carbonyl (C=O) groups excluding carboxylic acids is 1. The first-order chi connectivity index (χ1) is 10.8. The molecule has 4 nitrogen and oxygen atoms in total. The van der Waals surface area contributed by atoms with Crippen LogP contribution >= 0.6 is 0 Å². The maximum atomic E-state index is 12.6. The van der Waals surface area contributed by atoms with E-state index in [1.165, 1.54) is 11.1 Å². The minimum atomic E-state index is -0.273. The van der Waals surface area contributed by atoms with E-state index in [0.717, 1.165) is 32.6 Å². The van der Waals surface area contributed by atoms with Crippen molar-refractivity contribution in [3.05, 3.63) is 60.1 Å². The zero-order chi connectivity index (χ0) is 15.0. The number of furan rings is 1. The van der Waals surface area contributed by atoms with Gasteiger partial charge in [-0.15, -0.1) is 0 Å². The first kappa shape index (κ1) is 13.6. The van der Waals surface area contributed by atoms with Gasteiger partial charge in [-0.1, -0.05) is 30.3 Å². The molecule has 0 aliphatic carbocycles. The van der Waals surface area contributed by atoms with Crippen molar-refractivity contribution in [1.29, 1.82) is 0 Å². The van der Waals surface area contributed by atoms with Crippen LogP contribution in [0.4, 0.5) is 0 Å². The predicted molar refractivity (Wildman–Crippen MR) is 83.2 cm³/mol. The molecule has 2 fully saturated rings. The molecule has 1 aromatic heterocycles. The van der Waals surface area contributed by atoms with E-state index in [9.17, 15) is 4.79 Å². The molecule has 1 aromatic carbocycles. The largest absolute Gasteiger partial charge is 0.472 e. The number of amides is 1. The molecule has 1 N–H and O–H groups in total. The fourth-order valence-electron chi connectivity index (χ4n) is 4.05. The van der Waals surface area contributed by atoms with Gasteiger partial charge in [0.05, 0.1) is 17.9 Å². The highest BCUT2D eigenvalue weighted by atomic mass is 16.3. The second kappa shape index (κ2) is 5.29. The summed E-state index contributed by atoms with van der Waals surface area (Å²) in [5, 5.41) is 3.05. The molecule has 2 atom stereocenters. The van der Waals surface area contributed by atoms with Gasteiger partial charge in [0.15, 0.2) is 0 Å². The molecule has 3 heterocycles. The van der Waals surface area contributed by atoms with Crippen molar-refractivity contribution in [2.75, 3.05) is 19.6 Å². The summed E-state index contributed by atoms with van der Waals surface area (Å²) < 4.78 is 5.17. The summed E-state index contributed by atoms with van der Waals surface area (Å²) in [4.78, 5) is 15.0. The summed E-state index contributed by atoms with van der Waals surface area (Å²) in [7, 11) is 0. The Morgan fingerprint density at radius 1 is 1.27 bits per heavy atom. The average molecular weight is 296 g/mol. The van der Waals surface area contributed by atoms with Gasteiger partial charge in [-0.05, 0) is 18.1 Å². The minimum Gasteiger partial charge on any atom is -0.472 e. The van der Waals surface area contributed by atoms with Gasteiger partial charge in [0.2, 0.25) is 5.91 Å². The highest BCUT2D eigenvalue weighted by Crippen LogP contribution is 2.47. The van der Waals surface area contributed by atoms with E-state index < -0.39 is 0 Å². The molecule has 1 amide bonds. The minimum absolute atomic E-state index is 0.219. The van der Waals surface area contributed by atoms with Crippen LogP contribution in [0.2, 0.25) is 0 Å². The Morgan fingerprint density at radius 3 is 2.82 bits per heavy atom. The van der Waals surface area contributed by atoms with E-state index in [1.54, 1.807) is 12.5 Å². The summed E-state index contributed by atoms with van der Waals surface area (Å²) in [6.45, 7) is 3.38. The van der Waals surface area contributed by atoms with Crippen LogP contribution in [0.15, 0.2) is 53.3 Å². The number of nitrogens with one attached hydrogen (secondary N) is 1. The van der Waals surface area contributed by atoms with Gasteiger partial charge in [-0.25, -0.2) is 0 Å². The monoisotopic (exact) mass is 296 g/mol. The van der Waals surface area contributed by atoms with Crippen LogP contribution in [0.3, 0.4) is 0 Å². The maximum absolute atomic E-state index is 12.6. The summed E-state index contributed by atoms with van der Waals surface area (Å²) in [6.07, 6.45) is 4.42. The second-order valence-corrected chi connectivity index (χ2v) is 6.43. The van der Waals surface area contributed by atoms with E-state index in [0.29, 0.717) is 0 Å². The van der Waals surface area contributed by atoms with Crippen LogP contribution in [0.1, 0.15) is 23.5 Å². The van der Waals surface area contributed by atoms with E-state index in [-0.39, 0.29) is 17.2 Å². The Hall–Kier alpha value is -2.07. The lowest BCUT2D eigenvalue weighted by molar-refractivity contribution is -0.127. The van der Waals surface area contributed by atoms with Gasteiger partial charge in [0, 0.05) is 37.7 Å². The summed E-state index contributed by atoms with van der Waals surface area (Å²) >= 11 is 0. The number of benzene rings is 1. The average Bonchev–Trinajstić information content (AvgIpc) is 3.25. The van der Waals surface area contributed by atoms with Gasteiger partial charge in [-0.2, -0.15) is 0 Å². The molecule has 22 heavy (non-hydrogen) atoms. The maximum Gasteiger partial charge on any atom is 0.228 e. The zero-order valence-electron chi connectivity index (χ0n) is 12.5. The predicted octanol–water partition coefficient (Wildman–Crippen LogP) is 2.39. The Morgan fingerprint density at radius 2 is 2.14 bits per heavy atom.